The van der Waals surface area contributed by atoms with Gasteiger partial charge in [-0.15, -0.1) is 0 Å². The van der Waals surface area contributed by atoms with E-state index in [4.69, 9.17) is 11.6 Å². The summed E-state index contributed by atoms with van der Waals surface area (Å²) in [6.45, 7) is 9.73. The molecule has 0 spiro atoms. The van der Waals surface area contributed by atoms with Crippen molar-refractivity contribution in [2.45, 2.75) is 34.6 Å². The molecule has 0 radical (unpaired) electrons. The number of aryl methyl sites for hydroxylation is 4. The fraction of sp³-hybridized carbons (Fsp3) is 0.185. The van der Waals surface area contributed by atoms with Crippen LogP contribution >= 0.6 is 11.6 Å². The third-order valence-corrected chi connectivity index (χ3v) is 6.28. The zero-order chi connectivity index (χ0) is 23.2. The number of halogens is 1. The Morgan fingerprint density at radius 2 is 1.47 bits per heavy atom. The Hall–Kier alpha value is -3.37. The van der Waals surface area contributed by atoms with Gasteiger partial charge in [0.1, 0.15) is 5.70 Å². The molecule has 1 aliphatic rings. The van der Waals surface area contributed by atoms with Gasteiger partial charge >= 0.3 is 0 Å². The molecular weight excluding hydrogens is 420 g/mol. The number of imide groups is 1. The average molecular weight is 445 g/mol. The van der Waals surface area contributed by atoms with Crippen LogP contribution in [0.4, 0.5) is 11.4 Å². The van der Waals surface area contributed by atoms with E-state index in [1.54, 1.807) is 18.2 Å². The molecule has 0 atom stereocenters. The first-order valence-corrected chi connectivity index (χ1v) is 10.9. The molecule has 2 amide bonds. The maximum absolute atomic E-state index is 13.7. The van der Waals surface area contributed by atoms with Crippen LogP contribution in [-0.4, -0.2) is 11.8 Å². The van der Waals surface area contributed by atoms with Crippen molar-refractivity contribution in [3.8, 4) is 0 Å². The molecule has 0 bridgehead atoms. The minimum Gasteiger partial charge on any atom is -0.350 e. The highest BCUT2D eigenvalue weighted by atomic mass is 35.5. The van der Waals surface area contributed by atoms with Gasteiger partial charge < -0.3 is 5.32 Å². The highest BCUT2D eigenvalue weighted by Gasteiger charge is 2.41. The van der Waals surface area contributed by atoms with E-state index in [1.807, 2.05) is 71.0 Å². The van der Waals surface area contributed by atoms with Crippen molar-refractivity contribution in [3.05, 3.63) is 98.7 Å². The van der Waals surface area contributed by atoms with Crippen molar-refractivity contribution in [2.24, 2.45) is 0 Å². The number of hydrogen-bond donors (Lipinski definition) is 1. The normalized spacial score (nSPS) is 13.9. The first-order valence-electron chi connectivity index (χ1n) is 10.5. The number of rotatable bonds is 4. The van der Waals surface area contributed by atoms with Gasteiger partial charge in [-0.2, -0.15) is 0 Å². The number of hydrogen-bond acceptors (Lipinski definition) is 3. The van der Waals surface area contributed by atoms with E-state index in [-0.39, 0.29) is 11.6 Å². The molecule has 1 heterocycles. The van der Waals surface area contributed by atoms with E-state index in [9.17, 15) is 9.59 Å². The molecule has 3 aromatic rings. The molecule has 0 saturated heterocycles. The minimum atomic E-state index is -0.392. The number of nitrogens with zero attached hydrogens (tertiary/aromatic N) is 1. The fourth-order valence-corrected chi connectivity index (χ4v) is 4.22. The lowest BCUT2D eigenvalue weighted by molar-refractivity contribution is -0.120. The van der Waals surface area contributed by atoms with Crippen molar-refractivity contribution in [2.75, 3.05) is 10.2 Å². The maximum atomic E-state index is 13.7. The molecule has 162 valence electrons. The molecule has 0 fully saturated rings. The van der Waals surface area contributed by atoms with Crippen LogP contribution in [0.2, 0.25) is 5.02 Å². The van der Waals surface area contributed by atoms with Gasteiger partial charge in [-0.25, -0.2) is 4.90 Å². The minimum absolute atomic E-state index is 0.273. The molecular formula is C27H25ClN2O2. The standard InChI is InChI=1S/C27H25ClN2O2/c1-15-10-12-20(18(4)13-15)24-25(29-22-14-16(2)9-11-17(22)3)27(32)30(26(24)31)23-8-6-7-21(28)19(23)5/h6-14,29H,1-5H3. The molecule has 0 aromatic heterocycles. The zero-order valence-corrected chi connectivity index (χ0v) is 19.6. The predicted octanol–water partition coefficient (Wildman–Crippen LogP) is 6.28. The van der Waals surface area contributed by atoms with Crippen molar-refractivity contribution < 1.29 is 9.59 Å². The van der Waals surface area contributed by atoms with Crippen molar-refractivity contribution in [1.82, 2.24) is 0 Å². The summed E-state index contributed by atoms with van der Waals surface area (Å²) in [5.41, 5.74) is 7.43. The monoisotopic (exact) mass is 444 g/mol. The molecule has 4 nitrogen and oxygen atoms in total. The van der Waals surface area contributed by atoms with Gasteiger partial charge in [0.25, 0.3) is 11.8 Å². The average Bonchev–Trinajstić information content (AvgIpc) is 2.97. The summed E-state index contributed by atoms with van der Waals surface area (Å²) in [7, 11) is 0. The zero-order valence-electron chi connectivity index (χ0n) is 18.8. The third-order valence-electron chi connectivity index (χ3n) is 5.87. The second-order valence-electron chi connectivity index (χ2n) is 8.34. The van der Waals surface area contributed by atoms with Crippen LogP contribution < -0.4 is 10.2 Å². The van der Waals surface area contributed by atoms with Crippen LogP contribution in [0.25, 0.3) is 5.57 Å². The Bertz CT molecular complexity index is 1310. The quantitative estimate of drug-likeness (QED) is 0.482. The third kappa shape index (κ3) is 3.71. The Labute approximate surface area is 193 Å². The number of carbonyl (C=O) groups excluding carboxylic acids is 2. The van der Waals surface area contributed by atoms with Gasteiger partial charge in [-0.05, 0) is 80.6 Å². The second-order valence-corrected chi connectivity index (χ2v) is 8.75. The lowest BCUT2D eigenvalue weighted by Gasteiger charge is -2.19. The van der Waals surface area contributed by atoms with Gasteiger partial charge in [0.15, 0.2) is 0 Å². The summed E-state index contributed by atoms with van der Waals surface area (Å²) in [6.07, 6.45) is 0. The number of carbonyl (C=O) groups is 2. The molecule has 1 N–H and O–H groups in total. The largest absolute Gasteiger partial charge is 0.350 e. The van der Waals surface area contributed by atoms with E-state index in [1.165, 1.54) is 4.90 Å². The van der Waals surface area contributed by atoms with E-state index in [0.717, 1.165) is 33.5 Å². The molecule has 4 rings (SSSR count). The number of benzene rings is 3. The Morgan fingerprint density at radius 3 is 2.19 bits per heavy atom. The van der Waals surface area contributed by atoms with E-state index in [2.05, 4.69) is 5.32 Å². The topological polar surface area (TPSA) is 49.4 Å². The first-order chi connectivity index (χ1) is 15.2. The second kappa shape index (κ2) is 8.29. The predicted molar refractivity (Wildman–Crippen MR) is 131 cm³/mol. The summed E-state index contributed by atoms with van der Waals surface area (Å²) in [4.78, 5) is 28.6. The van der Waals surface area contributed by atoms with Crippen LogP contribution in [-0.2, 0) is 9.59 Å². The van der Waals surface area contributed by atoms with Crippen molar-refractivity contribution in [3.63, 3.8) is 0 Å². The van der Waals surface area contributed by atoms with Crippen LogP contribution in [0.5, 0.6) is 0 Å². The smallest absolute Gasteiger partial charge is 0.282 e. The van der Waals surface area contributed by atoms with E-state index >= 15 is 0 Å². The van der Waals surface area contributed by atoms with Crippen LogP contribution in [0, 0.1) is 34.6 Å². The molecule has 5 heteroatoms. The number of amides is 2. The Morgan fingerprint density at radius 1 is 0.781 bits per heavy atom. The summed E-state index contributed by atoms with van der Waals surface area (Å²) < 4.78 is 0. The summed E-state index contributed by atoms with van der Waals surface area (Å²) in [6, 6.07) is 17.1. The number of anilines is 2. The van der Waals surface area contributed by atoms with Gasteiger partial charge in [-0.1, -0.05) is 53.6 Å². The molecule has 1 aliphatic heterocycles. The maximum Gasteiger partial charge on any atom is 0.282 e. The molecule has 0 unspecified atom stereocenters. The van der Waals surface area contributed by atoms with Crippen molar-refractivity contribution >= 4 is 40.4 Å². The molecule has 3 aromatic carbocycles. The number of nitrogens with one attached hydrogen (secondary N) is 1. The highest BCUT2D eigenvalue weighted by molar-refractivity contribution is 6.46. The van der Waals surface area contributed by atoms with Crippen molar-refractivity contribution in [1.29, 1.82) is 0 Å². The lowest BCUT2D eigenvalue weighted by Crippen LogP contribution is -2.33. The summed E-state index contributed by atoms with van der Waals surface area (Å²) in [5, 5.41) is 3.80. The van der Waals surface area contributed by atoms with Crippen LogP contribution in [0.3, 0.4) is 0 Å². The van der Waals surface area contributed by atoms with Gasteiger partial charge in [0.05, 0.1) is 11.3 Å². The lowest BCUT2D eigenvalue weighted by atomic mass is 9.97. The Balaban J connectivity index is 1.92. The van der Waals surface area contributed by atoms with Gasteiger partial charge in [0, 0.05) is 10.7 Å². The summed E-state index contributed by atoms with van der Waals surface area (Å²) in [5.74, 6) is -0.753. The molecule has 32 heavy (non-hydrogen) atoms. The highest BCUT2D eigenvalue weighted by Crippen LogP contribution is 2.38. The summed E-state index contributed by atoms with van der Waals surface area (Å²) >= 11 is 6.31. The van der Waals surface area contributed by atoms with Crippen LogP contribution in [0.15, 0.2) is 60.3 Å². The molecule has 0 saturated carbocycles. The fourth-order valence-electron chi connectivity index (χ4n) is 4.05. The van der Waals surface area contributed by atoms with E-state index in [0.29, 0.717) is 21.8 Å². The van der Waals surface area contributed by atoms with E-state index < -0.39 is 5.91 Å². The molecule has 0 aliphatic carbocycles. The Kier molecular flexibility index (Phi) is 5.66. The van der Waals surface area contributed by atoms with Gasteiger partial charge in [-0.3, -0.25) is 9.59 Å². The van der Waals surface area contributed by atoms with Gasteiger partial charge in [0.2, 0.25) is 0 Å². The first kappa shape index (κ1) is 21.8. The SMILES string of the molecule is Cc1ccc(C2=C(Nc3cc(C)ccc3C)C(=O)N(c3cccc(Cl)c3C)C2=O)c(C)c1. The van der Waals surface area contributed by atoms with Crippen LogP contribution in [0.1, 0.15) is 33.4 Å².